The first-order valence-corrected chi connectivity index (χ1v) is 7.66. The minimum Gasteiger partial charge on any atom is -0.338 e. The number of nitrogens with two attached hydrogens (primary N) is 1. The van der Waals surface area contributed by atoms with Gasteiger partial charge in [-0.05, 0) is 50.4 Å². The lowest BCUT2D eigenvalue weighted by Gasteiger charge is -2.20. The standard InChI is InChI=1S/C16H26N4O/c1-12(2)20-8-7-14(11-20)10-18-16(21)19-15-5-3-13(9-17)4-6-15/h3-6,12,14H,7-11,17H2,1-2H3,(H2,18,19,21). The smallest absolute Gasteiger partial charge is 0.319 e. The van der Waals surface area contributed by atoms with Crippen LogP contribution in [0.1, 0.15) is 25.8 Å². The Morgan fingerprint density at radius 3 is 2.67 bits per heavy atom. The van der Waals surface area contributed by atoms with E-state index in [0.717, 1.165) is 37.3 Å². The number of nitrogens with zero attached hydrogens (tertiary/aromatic N) is 1. The summed E-state index contributed by atoms with van der Waals surface area (Å²) >= 11 is 0. The van der Waals surface area contributed by atoms with Gasteiger partial charge in [0.05, 0.1) is 0 Å². The number of amides is 2. The summed E-state index contributed by atoms with van der Waals surface area (Å²) in [6, 6.07) is 8.04. The number of hydrogen-bond acceptors (Lipinski definition) is 3. The van der Waals surface area contributed by atoms with Crippen molar-refractivity contribution in [2.24, 2.45) is 11.7 Å². The number of anilines is 1. The zero-order valence-electron chi connectivity index (χ0n) is 12.9. The van der Waals surface area contributed by atoms with Crippen LogP contribution in [0.25, 0.3) is 0 Å². The maximum absolute atomic E-state index is 11.9. The second kappa shape index (κ2) is 7.43. The second-order valence-corrected chi connectivity index (χ2v) is 5.98. The molecule has 0 saturated carbocycles. The molecule has 116 valence electrons. The lowest BCUT2D eigenvalue weighted by molar-refractivity contribution is 0.247. The maximum atomic E-state index is 11.9. The van der Waals surface area contributed by atoms with E-state index < -0.39 is 0 Å². The Labute approximate surface area is 126 Å². The van der Waals surface area contributed by atoms with Crippen LogP contribution in [0.3, 0.4) is 0 Å². The van der Waals surface area contributed by atoms with Crippen molar-refractivity contribution in [3.8, 4) is 0 Å². The molecule has 0 radical (unpaired) electrons. The summed E-state index contributed by atoms with van der Waals surface area (Å²) in [7, 11) is 0. The van der Waals surface area contributed by atoms with Crippen LogP contribution < -0.4 is 16.4 Å². The van der Waals surface area contributed by atoms with Gasteiger partial charge in [-0.15, -0.1) is 0 Å². The average Bonchev–Trinajstić information content (AvgIpc) is 2.95. The maximum Gasteiger partial charge on any atom is 0.319 e. The van der Waals surface area contributed by atoms with Crippen LogP contribution >= 0.6 is 0 Å². The van der Waals surface area contributed by atoms with Gasteiger partial charge >= 0.3 is 6.03 Å². The van der Waals surface area contributed by atoms with Crippen LogP contribution in [0.15, 0.2) is 24.3 Å². The van der Waals surface area contributed by atoms with Crippen LogP contribution in [0.2, 0.25) is 0 Å². The molecule has 1 atom stereocenters. The molecule has 1 aliphatic heterocycles. The van der Waals surface area contributed by atoms with E-state index in [4.69, 9.17) is 5.73 Å². The minimum atomic E-state index is -0.140. The molecule has 1 aromatic rings. The number of benzene rings is 1. The highest BCUT2D eigenvalue weighted by Crippen LogP contribution is 2.17. The highest BCUT2D eigenvalue weighted by Gasteiger charge is 2.24. The SMILES string of the molecule is CC(C)N1CCC(CNC(=O)Nc2ccc(CN)cc2)C1. The van der Waals surface area contributed by atoms with E-state index in [1.165, 1.54) is 0 Å². The Bertz CT molecular complexity index is 458. The highest BCUT2D eigenvalue weighted by atomic mass is 16.2. The monoisotopic (exact) mass is 290 g/mol. The van der Waals surface area contributed by atoms with E-state index in [2.05, 4.69) is 29.4 Å². The van der Waals surface area contributed by atoms with E-state index in [1.807, 2.05) is 24.3 Å². The van der Waals surface area contributed by atoms with Gasteiger partial charge in [-0.1, -0.05) is 12.1 Å². The van der Waals surface area contributed by atoms with Gasteiger partial charge in [0.25, 0.3) is 0 Å². The first-order chi connectivity index (χ1) is 10.1. The molecule has 2 amide bonds. The summed E-state index contributed by atoms with van der Waals surface area (Å²) in [6.07, 6.45) is 1.16. The predicted octanol–water partition coefficient (Wildman–Crippen LogP) is 2.00. The minimum absolute atomic E-state index is 0.140. The van der Waals surface area contributed by atoms with Gasteiger partial charge in [-0.25, -0.2) is 4.79 Å². The fourth-order valence-electron chi connectivity index (χ4n) is 2.63. The van der Waals surface area contributed by atoms with Gasteiger partial charge in [-0.2, -0.15) is 0 Å². The van der Waals surface area contributed by atoms with Gasteiger partial charge < -0.3 is 21.3 Å². The fraction of sp³-hybridized carbons (Fsp3) is 0.562. The van der Waals surface area contributed by atoms with E-state index >= 15 is 0 Å². The summed E-state index contributed by atoms with van der Waals surface area (Å²) in [5.41, 5.74) is 7.40. The molecule has 1 saturated heterocycles. The van der Waals surface area contributed by atoms with Crippen molar-refractivity contribution in [3.05, 3.63) is 29.8 Å². The molecule has 1 unspecified atom stereocenters. The van der Waals surface area contributed by atoms with Crippen LogP contribution in [-0.2, 0) is 6.54 Å². The lowest BCUT2D eigenvalue weighted by atomic mass is 10.1. The Hall–Kier alpha value is -1.59. The third-order valence-corrected chi connectivity index (χ3v) is 4.05. The molecule has 21 heavy (non-hydrogen) atoms. The number of hydrogen-bond donors (Lipinski definition) is 3. The van der Waals surface area contributed by atoms with Crippen molar-refractivity contribution in [1.29, 1.82) is 0 Å². The predicted molar refractivity (Wildman–Crippen MR) is 86.2 cm³/mol. The molecular weight excluding hydrogens is 264 g/mol. The van der Waals surface area contributed by atoms with Crippen molar-refractivity contribution in [2.45, 2.75) is 32.9 Å². The molecular formula is C16H26N4O. The molecule has 5 nitrogen and oxygen atoms in total. The quantitative estimate of drug-likeness (QED) is 0.777. The van der Waals surface area contributed by atoms with E-state index in [-0.39, 0.29) is 6.03 Å². The number of carbonyl (C=O) groups is 1. The van der Waals surface area contributed by atoms with Crippen molar-refractivity contribution < 1.29 is 4.79 Å². The molecule has 0 spiro atoms. The molecule has 2 rings (SSSR count). The Morgan fingerprint density at radius 1 is 1.38 bits per heavy atom. The van der Waals surface area contributed by atoms with Crippen LogP contribution in [0.5, 0.6) is 0 Å². The molecule has 0 bridgehead atoms. The van der Waals surface area contributed by atoms with Gasteiger partial charge in [0.2, 0.25) is 0 Å². The largest absolute Gasteiger partial charge is 0.338 e. The Morgan fingerprint density at radius 2 is 2.10 bits per heavy atom. The van der Waals surface area contributed by atoms with Gasteiger partial charge in [0, 0.05) is 31.4 Å². The number of likely N-dealkylation sites (tertiary alicyclic amines) is 1. The van der Waals surface area contributed by atoms with E-state index in [9.17, 15) is 4.79 Å². The normalized spacial score (nSPS) is 19.0. The van der Waals surface area contributed by atoms with Crippen molar-refractivity contribution in [2.75, 3.05) is 25.0 Å². The third-order valence-electron chi connectivity index (χ3n) is 4.05. The molecule has 0 aromatic heterocycles. The fourth-order valence-corrected chi connectivity index (χ4v) is 2.63. The first kappa shape index (κ1) is 15.8. The highest BCUT2D eigenvalue weighted by molar-refractivity contribution is 5.89. The third kappa shape index (κ3) is 4.72. The Kier molecular flexibility index (Phi) is 5.59. The van der Waals surface area contributed by atoms with Gasteiger partial charge in [0.1, 0.15) is 0 Å². The van der Waals surface area contributed by atoms with Gasteiger partial charge in [-0.3, -0.25) is 0 Å². The average molecular weight is 290 g/mol. The number of urea groups is 1. The second-order valence-electron chi connectivity index (χ2n) is 5.98. The molecule has 1 aromatic carbocycles. The zero-order valence-corrected chi connectivity index (χ0v) is 12.9. The van der Waals surface area contributed by atoms with Crippen molar-refractivity contribution in [3.63, 3.8) is 0 Å². The summed E-state index contributed by atoms with van der Waals surface area (Å²) in [4.78, 5) is 14.3. The summed E-state index contributed by atoms with van der Waals surface area (Å²) in [5.74, 6) is 0.553. The summed E-state index contributed by atoms with van der Waals surface area (Å²) < 4.78 is 0. The van der Waals surface area contributed by atoms with E-state index in [1.54, 1.807) is 0 Å². The zero-order chi connectivity index (χ0) is 15.2. The van der Waals surface area contributed by atoms with Crippen LogP contribution in [-0.4, -0.2) is 36.6 Å². The van der Waals surface area contributed by atoms with Crippen molar-refractivity contribution in [1.82, 2.24) is 10.2 Å². The van der Waals surface area contributed by atoms with Crippen LogP contribution in [0.4, 0.5) is 10.5 Å². The molecule has 0 aliphatic carbocycles. The summed E-state index contributed by atoms with van der Waals surface area (Å²) in [6.45, 7) is 7.88. The topological polar surface area (TPSA) is 70.4 Å². The number of carbonyl (C=O) groups excluding carboxylic acids is 1. The van der Waals surface area contributed by atoms with Crippen molar-refractivity contribution >= 4 is 11.7 Å². The molecule has 1 aliphatic rings. The Balaban J connectivity index is 1.72. The molecule has 4 N–H and O–H groups in total. The summed E-state index contributed by atoms with van der Waals surface area (Å²) in [5, 5.41) is 5.81. The number of nitrogens with one attached hydrogen (secondary N) is 2. The van der Waals surface area contributed by atoms with E-state index in [0.29, 0.717) is 18.5 Å². The number of rotatable bonds is 5. The van der Waals surface area contributed by atoms with Crippen LogP contribution in [0, 0.1) is 5.92 Å². The first-order valence-electron chi connectivity index (χ1n) is 7.66. The molecule has 1 heterocycles. The molecule has 1 fully saturated rings. The molecule has 5 heteroatoms. The van der Waals surface area contributed by atoms with Gasteiger partial charge in [0.15, 0.2) is 0 Å². The lowest BCUT2D eigenvalue weighted by Crippen LogP contribution is -2.35.